The van der Waals surface area contributed by atoms with Crippen molar-refractivity contribution in [3.63, 3.8) is 0 Å². The minimum atomic E-state index is -0.105. The molecule has 2 aromatic rings. The fraction of sp³-hybridized carbons (Fsp3) is 0.333. The van der Waals surface area contributed by atoms with E-state index in [1.807, 2.05) is 31.2 Å². The van der Waals surface area contributed by atoms with Crippen LogP contribution in [0.15, 0.2) is 48.5 Å². The summed E-state index contributed by atoms with van der Waals surface area (Å²) in [6.45, 7) is 4.92. The summed E-state index contributed by atoms with van der Waals surface area (Å²) in [7, 11) is 0. The molecule has 1 aliphatic heterocycles. The molecule has 0 aliphatic carbocycles. The molecule has 0 bridgehead atoms. The minimum absolute atomic E-state index is 0.00874. The number of carbonyl (C=O) groups excluding carboxylic acids is 2. The second-order valence-electron chi connectivity index (χ2n) is 6.28. The predicted octanol–water partition coefficient (Wildman–Crippen LogP) is 2.74. The van der Waals surface area contributed by atoms with E-state index in [0.29, 0.717) is 44.2 Å². The molecule has 0 radical (unpaired) electrons. The Morgan fingerprint density at radius 2 is 1.70 bits per heavy atom. The molecule has 2 amide bonds. The van der Waals surface area contributed by atoms with Gasteiger partial charge in [0.1, 0.15) is 5.75 Å². The van der Waals surface area contributed by atoms with Crippen molar-refractivity contribution in [2.45, 2.75) is 13.3 Å². The van der Waals surface area contributed by atoms with Crippen LogP contribution in [0, 0.1) is 0 Å². The van der Waals surface area contributed by atoms with Gasteiger partial charge in [-0.25, -0.2) is 0 Å². The van der Waals surface area contributed by atoms with Crippen LogP contribution in [-0.2, 0) is 16.0 Å². The number of benzene rings is 2. The number of hydrogen-bond donors (Lipinski definition) is 1. The molecular formula is C21H24N2O4. The van der Waals surface area contributed by atoms with Crippen LogP contribution in [0.1, 0.15) is 22.8 Å². The Kier molecular flexibility index (Phi) is 6.44. The number of rotatable bonds is 6. The molecule has 6 nitrogen and oxygen atoms in total. The number of morpholine rings is 1. The summed E-state index contributed by atoms with van der Waals surface area (Å²) < 4.78 is 10.7. The molecule has 1 N–H and O–H groups in total. The predicted molar refractivity (Wildman–Crippen MR) is 103 cm³/mol. The zero-order valence-electron chi connectivity index (χ0n) is 15.4. The highest BCUT2D eigenvalue weighted by atomic mass is 16.5. The average molecular weight is 368 g/mol. The lowest BCUT2D eigenvalue weighted by molar-refractivity contribution is -0.115. The van der Waals surface area contributed by atoms with Gasteiger partial charge in [-0.05, 0) is 48.9 Å². The molecule has 27 heavy (non-hydrogen) atoms. The molecule has 6 heteroatoms. The molecule has 142 valence electrons. The Morgan fingerprint density at radius 3 is 2.33 bits per heavy atom. The van der Waals surface area contributed by atoms with Crippen molar-refractivity contribution in [1.29, 1.82) is 0 Å². The quantitative estimate of drug-likeness (QED) is 0.851. The first kappa shape index (κ1) is 18.9. The maximum Gasteiger partial charge on any atom is 0.254 e. The van der Waals surface area contributed by atoms with Crippen molar-refractivity contribution >= 4 is 17.5 Å². The van der Waals surface area contributed by atoms with Gasteiger partial charge in [-0.1, -0.05) is 12.1 Å². The van der Waals surface area contributed by atoms with Gasteiger partial charge in [0.2, 0.25) is 5.91 Å². The molecule has 1 fully saturated rings. The van der Waals surface area contributed by atoms with Gasteiger partial charge >= 0.3 is 0 Å². The standard InChI is InChI=1S/C21H24N2O4/c1-2-27-19-9-3-16(4-10-19)15-20(24)22-18-7-5-17(6-8-18)21(25)23-11-13-26-14-12-23/h3-10H,2,11-15H2,1H3,(H,22,24). The van der Waals surface area contributed by atoms with E-state index in [4.69, 9.17) is 9.47 Å². The van der Waals surface area contributed by atoms with Gasteiger partial charge in [0.15, 0.2) is 0 Å². The van der Waals surface area contributed by atoms with Crippen LogP contribution in [-0.4, -0.2) is 49.6 Å². The number of anilines is 1. The van der Waals surface area contributed by atoms with Gasteiger partial charge in [0.05, 0.1) is 26.2 Å². The van der Waals surface area contributed by atoms with E-state index in [9.17, 15) is 9.59 Å². The summed E-state index contributed by atoms with van der Waals surface area (Å²) >= 11 is 0. The van der Waals surface area contributed by atoms with Crippen LogP contribution in [0.4, 0.5) is 5.69 Å². The maximum atomic E-state index is 12.4. The molecular weight excluding hydrogens is 344 g/mol. The van der Waals surface area contributed by atoms with Crippen LogP contribution < -0.4 is 10.1 Å². The fourth-order valence-corrected chi connectivity index (χ4v) is 2.91. The van der Waals surface area contributed by atoms with Gasteiger partial charge in [-0.2, -0.15) is 0 Å². The van der Waals surface area contributed by atoms with Crippen molar-refractivity contribution in [3.8, 4) is 5.75 Å². The van der Waals surface area contributed by atoms with Crippen LogP contribution >= 0.6 is 0 Å². The molecule has 0 aromatic heterocycles. The minimum Gasteiger partial charge on any atom is -0.494 e. The lowest BCUT2D eigenvalue weighted by Crippen LogP contribution is -2.40. The van der Waals surface area contributed by atoms with Crippen molar-refractivity contribution in [2.24, 2.45) is 0 Å². The zero-order valence-corrected chi connectivity index (χ0v) is 15.4. The Bertz CT molecular complexity index is 766. The summed E-state index contributed by atoms with van der Waals surface area (Å²) in [6, 6.07) is 14.5. The van der Waals surface area contributed by atoms with Gasteiger partial charge in [0, 0.05) is 24.3 Å². The molecule has 0 spiro atoms. The summed E-state index contributed by atoms with van der Waals surface area (Å²) in [5.41, 5.74) is 2.20. The third-order valence-electron chi connectivity index (χ3n) is 4.31. The Balaban J connectivity index is 1.54. The van der Waals surface area contributed by atoms with E-state index in [1.165, 1.54) is 0 Å². The third kappa shape index (κ3) is 5.31. The van der Waals surface area contributed by atoms with Crippen LogP contribution in [0.2, 0.25) is 0 Å². The van der Waals surface area contributed by atoms with E-state index in [1.54, 1.807) is 29.2 Å². The molecule has 1 saturated heterocycles. The van der Waals surface area contributed by atoms with Gasteiger partial charge < -0.3 is 19.7 Å². The Labute approximate surface area is 159 Å². The van der Waals surface area contributed by atoms with Gasteiger partial charge in [-0.15, -0.1) is 0 Å². The van der Waals surface area contributed by atoms with E-state index < -0.39 is 0 Å². The highest BCUT2D eigenvalue weighted by molar-refractivity contribution is 5.96. The smallest absolute Gasteiger partial charge is 0.254 e. The van der Waals surface area contributed by atoms with Gasteiger partial charge in [-0.3, -0.25) is 9.59 Å². The van der Waals surface area contributed by atoms with Crippen LogP contribution in [0.3, 0.4) is 0 Å². The van der Waals surface area contributed by atoms with Crippen LogP contribution in [0.5, 0.6) is 5.75 Å². The number of carbonyl (C=O) groups is 2. The highest BCUT2D eigenvalue weighted by Gasteiger charge is 2.18. The van der Waals surface area contributed by atoms with Crippen molar-refractivity contribution < 1.29 is 19.1 Å². The first-order valence-corrected chi connectivity index (χ1v) is 9.14. The van der Waals surface area contributed by atoms with E-state index in [0.717, 1.165) is 11.3 Å². The topological polar surface area (TPSA) is 67.9 Å². The Hall–Kier alpha value is -2.86. The van der Waals surface area contributed by atoms with E-state index >= 15 is 0 Å². The molecule has 0 unspecified atom stereocenters. The lowest BCUT2D eigenvalue weighted by Gasteiger charge is -2.26. The lowest BCUT2D eigenvalue weighted by atomic mass is 10.1. The van der Waals surface area contributed by atoms with Crippen molar-refractivity contribution in [2.75, 3.05) is 38.2 Å². The maximum absolute atomic E-state index is 12.4. The molecule has 2 aromatic carbocycles. The van der Waals surface area contributed by atoms with E-state index in [-0.39, 0.29) is 18.2 Å². The second-order valence-corrected chi connectivity index (χ2v) is 6.28. The normalized spacial score (nSPS) is 13.9. The average Bonchev–Trinajstić information content (AvgIpc) is 2.70. The second kappa shape index (κ2) is 9.19. The first-order valence-electron chi connectivity index (χ1n) is 9.14. The molecule has 1 aliphatic rings. The number of hydrogen-bond acceptors (Lipinski definition) is 4. The Morgan fingerprint density at radius 1 is 1.04 bits per heavy atom. The summed E-state index contributed by atoms with van der Waals surface area (Å²) in [6.07, 6.45) is 0.279. The van der Waals surface area contributed by atoms with Crippen molar-refractivity contribution in [1.82, 2.24) is 4.90 Å². The molecule has 3 rings (SSSR count). The third-order valence-corrected chi connectivity index (χ3v) is 4.31. The number of amides is 2. The summed E-state index contributed by atoms with van der Waals surface area (Å²) in [4.78, 5) is 26.4. The first-order chi connectivity index (χ1) is 13.2. The monoisotopic (exact) mass is 368 g/mol. The number of nitrogens with one attached hydrogen (secondary N) is 1. The molecule has 0 atom stereocenters. The fourth-order valence-electron chi connectivity index (χ4n) is 2.91. The largest absolute Gasteiger partial charge is 0.494 e. The van der Waals surface area contributed by atoms with E-state index in [2.05, 4.69) is 5.32 Å². The molecule has 0 saturated carbocycles. The number of nitrogens with zero attached hydrogens (tertiary/aromatic N) is 1. The summed E-state index contributed by atoms with van der Waals surface area (Å²) in [5.74, 6) is 0.680. The number of ether oxygens (including phenoxy) is 2. The van der Waals surface area contributed by atoms with Gasteiger partial charge in [0.25, 0.3) is 5.91 Å². The summed E-state index contributed by atoms with van der Waals surface area (Å²) in [5, 5.41) is 2.86. The van der Waals surface area contributed by atoms with Crippen molar-refractivity contribution in [3.05, 3.63) is 59.7 Å². The van der Waals surface area contributed by atoms with Crippen LogP contribution in [0.25, 0.3) is 0 Å². The zero-order chi connectivity index (χ0) is 19.1. The highest BCUT2D eigenvalue weighted by Crippen LogP contribution is 2.15. The molecule has 1 heterocycles. The SMILES string of the molecule is CCOc1ccc(CC(=O)Nc2ccc(C(=O)N3CCOCC3)cc2)cc1.